The molecule has 43 heavy (non-hydrogen) atoms. The number of fused-ring (bicyclic) bond motifs is 2. The van der Waals surface area contributed by atoms with Crippen LogP contribution in [0.5, 0.6) is 0 Å². The zero-order chi connectivity index (χ0) is 30.5. The summed E-state index contributed by atoms with van der Waals surface area (Å²) >= 11 is 0. The van der Waals surface area contributed by atoms with E-state index in [4.69, 9.17) is 20.2 Å². The quantitative estimate of drug-likeness (QED) is 0.222. The van der Waals surface area contributed by atoms with Crippen LogP contribution in [0.25, 0.3) is 11.0 Å². The Hall–Kier alpha value is -3.03. The van der Waals surface area contributed by atoms with E-state index in [-0.39, 0.29) is 11.5 Å². The van der Waals surface area contributed by atoms with Crippen molar-refractivity contribution in [2.75, 3.05) is 42.9 Å². The second-order valence-electron chi connectivity index (χ2n) is 13.4. The minimum Gasteiger partial charge on any atom is -0.387 e. The highest BCUT2D eigenvalue weighted by molar-refractivity contribution is 5.80. The van der Waals surface area contributed by atoms with Gasteiger partial charge in [-0.3, -0.25) is 4.90 Å². The van der Waals surface area contributed by atoms with E-state index in [0.717, 1.165) is 42.5 Å². The lowest BCUT2D eigenvalue weighted by molar-refractivity contribution is -0.0429. The average molecular weight is 595 g/mol. The Kier molecular flexibility index (Phi) is 8.24. The molecule has 234 valence electrons. The Morgan fingerprint density at radius 1 is 1.21 bits per heavy atom. The molecule has 3 aliphatic rings. The Bertz CT molecular complexity index is 1420. The van der Waals surface area contributed by atoms with Crippen LogP contribution in [0.15, 0.2) is 24.5 Å². The van der Waals surface area contributed by atoms with Crippen LogP contribution in [0.1, 0.15) is 58.3 Å². The van der Waals surface area contributed by atoms with Crippen LogP contribution in [0.2, 0.25) is 0 Å². The number of aromatic amines is 1. The zero-order valence-electron chi connectivity index (χ0n) is 25.8. The lowest BCUT2D eigenvalue weighted by atomic mass is 9.76. The number of aliphatic hydroxyl groups excluding tert-OH is 2. The number of hydrogen-bond donors (Lipinski definition) is 5. The van der Waals surface area contributed by atoms with E-state index in [2.05, 4.69) is 71.1 Å². The van der Waals surface area contributed by atoms with E-state index in [1.807, 2.05) is 0 Å². The molecule has 1 aliphatic carbocycles. The summed E-state index contributed by atoms with van der Waals surface area (Å²) in [6, 6.07) is 7.17. The van der Waals surface area contributed by atoms with Crippen molar-refractivity contribution in [3.8, 4) is 0 Å². The molecule has 0 amide bonds. The van der Waals surface area contributed by atoms with Crippen LogP contribution in [-0.2, 0) is 21.3 Å². The van der Waals surface area contributed by atoms with Gasteiger partial charge in [-0.15, -0.1) is 0 Å². The van der Waals surface area contributed by atoms with Gasteiger partial charge in [0.15, 0.2) is 17.9 Å². The lowest BCUT2D eigenvalue weighted by Crippen LogP contribution is -2.52. The largest absolute Gasteiger partial charge is 0.387 e. The van der Waals surface area contributed by atoms with Crippen LogP contribution >= 0.6 is 0 Å². The first kappa shape index (κ1) is 30.0. The Morgan fingerprint density at radius 2 is 2.00 bits per heavy atom. The van der Waals surface area contributed by atoms with Crippen LogP contribution < -0.4 is 16.0 Å². The van der Waals surface area contributed by atoms with Crippen molar-refractivity contribution in [3.63, 3.8) is 0 Å². The molecule has 1 aromatic carbocycles. The Balaban J connectivity index is 1.03. The summed E-state index contributed by atoms with van der Waals surface area (Å²) in [5.74, 6) is 2.58. The highest BCUT2D eigenvalue weighted by Gasteiger charge is 2.49. The molecule has 12 heteroatoms. The number of rotatable bonds is 11. The smallest absolute Gasteiger partial charge is 0.162 e. The van der Waals surface area contributed by atoms with Crippen LogP contribution in [0, 0.1) is 5.92 Å². The molecule has 2 fully saturated rings. The van der Waals surface area contributed by atoms with E-state index >= 15 is 0 Å². The summed E-state index contributed by atoms with van der Waals surface area (Å²) in [5.41, 5.74) is 9.85. The SMILES string of the molecule is COCC(C)(C)c1ccc2[nH]c(CC[C@H]3C[C@@H](N(C[C@H]4O[C@@H](N5CNc6c(N)ncnc65)[C@H](O)[C@@H]4O)C(C)C)C3)nc2c1. The third kappa shape index (κ3) is 5.78. The standard InChI is InChI=1S/C31H46N8O4/c1-17(2)38(13-23-26(40)27(41)30(43-23)39-16-35-25-28(32)33-15-34-29(25)39)20-10-18(11-20)6-9-24-36-21-8-7-19(12-22(21)37-24)31(3,4)14-42-5/h7-8,12,15,17-18,20,23,26-27,30,35,40-41H,6,9-11,13-14,16H2,1-5H3,(H,36,37)(H2,32,33,34)/t18-,20+,23-,26-,27-,30-/m1/s1. The Morgan fingerprint density at radius 3 is 2.74 bits per heavy atom. The third-order valence-corrected chi connectivity index (χ3v) is 9.54. The van der Waals surface area contributed by atoms with Gasteiger partial charge in [-0.05, 0) is 56.7 Å². The molecule has 0 bridgehead atoms. The van der Waals surface area contributed by atoms with E-state index in [0.29, 0.717) is 49.1 Å². The highest BCUT2D eigenvalue weighted by Crippen LogP contribution is 2.40. The number of nitrogen functional groups attached to an aromatic ring is 1. The second kappa shape index (κ2) is 11.8. The van der Waals surface area contributed by atoms with Gasteiger partial charge in [0.1, 0.15) is 36.2 Å². The normalized spacial score (nSPS) is 27.2. The van der Waals surface area contributed by atoms with Crippen molar-refractivity contribution in [1.82, 2.24) is 24.8 Å². The molecular formula is C31H46N8O4. The van der Waals surface area contributed by atoms with Crippen LogP contribution in [-0.4, -0.2) is 98.6 Å². The van der Waals surface area contributed by atoms with Gasteiger partial charge in [-0.25, -0.2) is 15.0 Å². The maximum atomic E-state index is 11.0. The number of aliphatic hydroxyl groups is 2. The summed E-state index contributed by atoms with van der Waals surface area (Å²) < 4.78 is 11.7. The number of nitrogens with zero attached hydrogens (tertiary/aromatic N) is 5. The fraction of sp³-hybridized carbons (Fsp3) is 0.645. The van der Waals surface area contributed by atoms with Crippen molar-refractivity contribution in [3.05, 3.63) is 35.9 Å². The fourth-order valence-corrected chi connectivity index (χ4v) is 6.94. The molecule has 1 saturated heterocycles. The van der Waals surface area contributed by atoms with Gasteiger partial charge in [0.05, 0.1) is 24.3 Å². The van der Waals surface area contributed by atoms with Crippen LogP contribution in [0.4, 0.5) is 17.3 Å². The van der Waals surface area contributed by atoms with Crippen molar-refractivity contribution in [2.45, 2.75) is 95.4 Å². The molecule has 4 heterocycles. The molecule has 4 atom stereocenters. The average Bonchev–Trinajstić information content (AvgIpc) is 3.63. The maximum absolute atomic E-state index is 11.0. The number of benzene rings is 1. The van der Waals surface area contributed by atoms with Gasteiger partial charge < -0.3 is 40.6 Å². The summed E-state index contributed by atoms with van der Waals surface area (Å²) in [4.78, 5) is 21.0. The van der Waals surface area contributed by atoms with E-state index in [1.165, 1.54) is 11.9 Å². The van der Waals surface area contributed by atoms with E-state index in [1.54, 1.807) is 12.0 Å². The number of anilines is 3. The molecular weight excluding hydrogens is 548 g/mol. The van der Waals surface area contributed by atoms with E-state index < -0.39 is 24.5 Å². The predicted molar refractivity (Wildman–Crippen MR) is 166 cm³/mol. The van der Waals surface area contributed by atoms with Crippen molar-refractivity contribution in [2.24, 2.45) is 5.92 Å². The number of H-pyrrole nitrogens is 1. The number of methoxy groups -OCH3 is 1. The fourth-order valence-electron chi connectivity index (χ4n) is 6.94. The van der Waals surface area contributed by atoms with Gasteiger partial charge in [-0.2, -0.15) is 0 Å². The molecule has 2 aromatic heterocycles. The third-order valence-electron chi connectivity index (χ3n) is 9.54. The first-order chi connectivity index (χ1) is 20.6. The van der Waals surface area contributed by atoms with E-state index in [9.17, 15) is 10.2 Å². The monoisotopic (exact) mass is 594 g/mol. The van der Waals surface area contributed by atoms with Gasteiger partial charge >= 0.3 is 0 Å². The first-order valence-corrected chi connectivity index (χ1v) is 15.4. The van der Waals surface area contributed by atoms with Crippen molar-refractivity contribution in [1.29, 1.82) is 0 Å². The van der Waals surface area contributed by atoms with Gasteiger partial charge in [0.25, 0.3) is 0 Å². The number of ether oxygens (including phenoxy) is 2. The van der Waals surface area contributed by atoms with Gasteiger partial charge in [0.2, 0.25) is 0 Å². The summed E-state index contributed by atoms with van der Waals surface area (Å²) in [5, 5.41) is 25.1. The number of nitrogens with one attached hydrogen (secondary N) is 2. The van der Waals surface area contributed by atoms with Crippen molar-refractivity contribution < 1.29 is 19.7 Å². The molecule has 0 radical (unpaired) electrons. The summed E-state index contributed by atoms with van der Waals surface area (Å²) in [7, 11) is 1.74. The lowest BCUT2D eigenvalue weighted by Gasteiger charge is -2.46. The number of hydrogen-bond acceptors (Lipinski definition) is 11. The molecule has 3 aromatic rings. The van der Waals surface area contributed by atoms with Crippen LogP contribution in [0.3, 0.4) is 0 Å². The number of aromatic nitrogens is 4. The predicted octanol–water partition coefficient (Wildman–Crippen LogP) is 2.62. The molecule has 0 unspecified atom stereocenters. The molecule has 1 saturated carbocycles. The summed E-state index contributed by atoms with van der Waals surface area (Å²) in [6.45, 7) is 10.3. The zero-order valence-corrected chi connectivity index (χ0v) is 25.8. The molecule has 12 nitrogen and oxygen atoms in total. The topological polar surface area (TPSA) is 158 Å². The molecule has 0 spiro atoms. The molecule has 2 aliphatic heterocycles. The minimum atomic E-state index is -1.07. The number of imidazole rings is 1. The summed E-state index contributed by atoms with van der Waals surface area (Å²) in [6.07, 6.45) is 2.29. The number of nitrogens with two attached hydrogens (primary N) is 1. The highest BCUT2D eigenvalue weighted by atomic mass is 16.6. The molecule has 6 N–H and O–H groups in total. The van der Waals surface area contributed by atoms with Gasteiger partial charge in [0, 0.05) is 37.6 Å². The molecule has 6 rings (SSSR count). The second-order valence-corrected chi connectivity index (χ2v) is 13.4. The maximum Gasteiger partial charge on any atom is 0.162 e. The van der Waals surface area contributed by atoms with Crippen molar-refractivity contribution >= 4 is 28.4 Å². The minimum absolute atomic E-state index is 0.0653. The van der Waals surface area contributed by atoms with Gasteiger partial charge in [-0.1, -0.05) is 19.9 Å². The number of aryl methyl sites for hydroxylation is 1. The first-order valence-electron chi connectivity index (χ1n) is 15.4. The Labute approximate surface area is 253 Å².